The number of nitrogens with zero attached hydrogens (tertiary/aromatic N) is 3. The van der Waals surface area contributed by atoms with Gasteiger partial charge in [-0.1, -0.05) is 5.16 Å². The molecule has 0 N–H and O–H groups in total. The van der Waals surface area contributed by atoms with Crippen LogP contribution in [0.25, 0.3) is 0 Å². The summed E-state index contributed by atoms with van der Waals surface area (Å²) in [7, 11) is 1.99. The van der Waals surface area contributed by atoms with Crippen molar-refractivity contribution in [3.05, 3.63) is 41.0 Å². The molecular formula is C17H21N3O3. The van der Waals surface area contributed by atoms with Crippen molar-refractivity contribution in [2.24, 2.45) is 7.05 Å². The third-order valence-electron chi connectivity index (χ3n) is 4.87. The second-order valence-electron chi connectivity index (χ2n) is 6.27. The van der Waals surface area contributed by atoms with Gasteiger partial charge in [0.1, 0.15) is 5.76 Å². The molecule has 0 aromatic carbocycles. The highest BCUT2D eigenvalue weighted by atomic mass is 16.5. The van der Waals surface area contributed by atoms with Gasteiger partial charge < -0.3 is 18.7 Å². The largest absolute Gasteiger partial charge is 0.377 e. The Kier molecular flexibility index (Phi) is 3.69. The molecule has 4 rings (SSSR count). The number of hydrogen-bond donors (Lipinski definition) is 0. The normalized spacial score (nSPS) is 21.3. The Bertz CT molecular complexity index is 718. The van der Waals surface area contributed by atoms with Gasteiger partial charge in [-0.05, 0) is 31.4 Å². The first-order chi connectivity index (χ1) is 11.3. The van der Waals surface area contributed by atoms with Gasteiger partial charge in [-0.15, -0.1) is 0 Å². The molecule has 0 spiro atoms. The van der Waals surface area contributed by atoms with Crippen LogP contribution in [0, 0.1) is 0 Å². The predicted molar refractivity (Wildman–Crippen MR) is 83.2 cm³/mol. The average Bonchev–Trinajstić information content (AvgIpc) is 3.20. The van der Waals surface area contributed by atoms with Gasteiger partial charge in [0.05, 0.1) is 19.3 Å². The third-order valence-corrected chi connectivity index (χ3v) is 4.87. The summed E-state index contributed by atoms with van der Waals surface area (Å²) in [4.78, 5) is 15.0. The van der Waals surface area contributed by atoms with E-state index in [9.17, 15) is 4.79 Å². The molecule has 6 heteroatoms. The maximum absolute atomic E-state index is 13.1. The molecule has 0 saturated carbocycles. The number of morpholine rings is 1. The maximum atomic E-state index is 13.1. The van der Waals surface area contributed by atoms with Gasteiger partial charge >= 0.3 is 0 Å². The van der Waals surface area contributed by atoms with E-state index in [2.05, 4.69) is 5.16 Å². The number of amides is 1. The van der Waals surface area contributed by atoms with Gasteiger partial charge in [0.2, 0.25) is 0 Å². The van der Waals surface area contributed by atoms with Crippen molar-refractivity contribution < 1.29 is 14.1 Å². The van der Waals surface area contributed by atoms with Crippen LogP contribution in [0.1, 0.15) is 46.4 Å². The fourth-order valence-corrected chi connectivity index (χ4v) is 3.60. The first-order valence-corrected chi connectivity index (χ1v) is 8.23. The van der Waals surface area contributed by atoms with Crippen LogP contribution in [-0.4, -0.2) is 40.3 Å². The molecular weight excluding hydrogens is 294 g/mol. The first kappa shape index (κ1) is 14.5. The molecule has 2 aromatic heterocycles. The number of carbonyl (C=O) groups is 1. The molecule has 2 aromatic rings. The lowest BCUT2D eigenvalue weighted by Gasteiger charge is -2.35. The van der Waals surface area contributed by atoms with E-state index in [-0.39, 0.29) is 11.9 Å². The summed E-state index contributed by atoms with van der Waals surface area (Å²) in [6.07, 6.45) is 5.97. The Balaban J connectivity index is 1.66. The summed E-state index contributed by atoms with van der Waals surface area (Å²) in [6, 6.07) is 3.95. The molecule has 2 aliphatic rings. The molecule has 3 heterocycles. The van der Waals surface area contributed by atoms with Crippen molar-refractivity contribution in [1.82, 2.24) is 14.6 Å². The smallest absolute Gasteiger partial charge is 0.277 e. The van der Waals surface area contributed by atoms with E-state index >= 15 is 0 Å². The number of aromatic nitrogens is 2. The van der Waals surface area contributed by atoms with Crippen LogP contribution >= 0.6 is 0 Å². The molecule has 0 unspecified atom stereocenters. The van der Waals surface area contributed by atoms with Gasteiger partial charge in [0.25, 0.3) is 5.91 Å². The summed E-state index contributed by atoms with van der Waals surface area (Å²) in [5.41, 5.74) is 2.59. The minimum absolute atomic E-state index is 0.0357. The molecule has 1 atom stereocenters. The van der Waals surface area contributed by atoms with E-state index in [1.54, 1.807) is 0 Å². The number of aryl methyl sites for hydroxylation is 2. The van der Waals surface area contributed by atoms with Crippen LogP contribution in [0.15, 0.2) is 22.9 Å². The summed E-state index contributed by atoms with van der Waals surface area (Å²) < 4.78 is 13.1. The van der Waals surface area contributed by atoms with Crippen molar-refractivity contribution in [3.63, 3.8) is 0 Å². The van der Waals surface area contributed by atoms with Crippen LogP contribution in [0.5, 0.6) is 0 Å². The van der Waals surface area contributed by atoms with E-state index in [0.29, 0.717) is 25.5 Å². The molecule has 1 fully saturated rings. The van der Waals surface area contributed by atoms with Crippen molar-refractivity contribution in [2.45, 2.75) is 31.7 Å². The lowest BCUT2D eigenvalue weighted by atomic mass is 9.96. The van der Waals surface area contributed by atoms with E-state index < -0.39 is 0 Å². The summed E-state index contributed by atoms with van der Waals surface area (Å²) in [5, 5.41) is 4.10. The van der Waals surface area contributed by atoms with Gasteiger partial charge in [-0.3, -0.25) is 4.79 Å². The highest BCUT2D eigenvalue weighted by molar-refractivity contribution is 5.94. The third kappa shape index (κ3) is 2.47. The second-order valence-corrected chi connectivity index (χ2v) is 6.27. The number of carbonyl (C=O) groups excluding carboxylic acids is 1. The van der Waals surface area contributed by atoms with Gasteiger partial charge in [-0.25, -0.2) is 0 Å². The number of rotatable bonds is 2. The number of hydrogen-bond acceptors (Lipinski definition) is 4. The molecule has 122 valence electrons. The van der Waals surface area contributed by atoms with E-state index in [1.807, 2.05) is 34.8 Å². The quantitative estimate of drug-likeness (QED) is 0.851. The van der Waals surface area contributed by atoms with Crippen LogP contribution in [0.3, 0.4) is 0 Å². The lowest BCUT2D eigenvalue weighted by molar-refractivity contribution is -0.00518. The molecule has 1 aliphatic heterocycles. The molecule has 0 radical (unpaired) electrons. The topological polar surface area (TPSA) is 60.5 Å². The first-order valence-electron chi connectivity index (χ1n) is 8.23. The molecule has 23 heavy (non-hydrogen) atoms. The fourth-order valence-electron chi connectivity index (χ4n) is 3.60. The second kappa shape index (κ2) is 5.85. The zero-order valence-corrected chi connectivity index (χ0v) is 13.3. The van der Waals surface area contributed by atoms with Crippen LogP contribution in [-0.2, 0) is 24.6 Å². The Hall–Kier alpha value is -2.08. The average molecular weight is 315 g/mol. The van der Waals surface area contributed by atoms with Crippen molar-refractivity contribution >= 4 is 5.91 Å². The Morgan fingerprint density at radius 3 is 3.04 bits per heavy atom. The van der Waals surface area contributed by atoms with E-state index in [4.69, 9.17) is 9.26 Å². The minimum atomic E-state index is -0.0767. The van der Waals surface area contributed by atoms with Crippen molar-refractivity contribution in [1.29, 1.82) is 0 Å². The number of fused-ring (bicyclic) bond motifs is 1. The molecule has 6 nitrogen and oxygen atoms in total. The van der Waals surface area contributed by atoms with Crippen molar-refractivity contribution in [3.8, 4) is 0 Å². The van der Waals surface area contributed by atoms with Crippen LogP contribution in [0.4, 0.5) is 0 Å². The van der Waals surface area contributed by atoms with Gasteiger partial charge in [0.15, 0.2) is 5.69 Å². The predicted octanol–water partition coefficient (Wildman–Crippen LogP) is 2.11. The van der Waals surface area contributed by atoms with Gasteiger partial charge in [-0.2, -0.15) is 0 Å². The summed E-state index contributed by atoms with van der Waals surface area (Å²) >= 11 is 0. The standard InChI is InChI=1S/C17H21N3O3/c1-19-8-4-6-13(19)14-11-22-10-9-20(14)17(21)16-12-5-2-3-7-15(12)23-18-16/h4,6,8,14H,2-3,5,7,9-11H2,1H3/t14-/m0/s1. The highest BCUT2D eigenvalue weighted by Crippen LogP contribution is 2.29. The molecule has 1 amide bonds. The van der Waals surface area contributed by atoms with E-state index in [0.717, 1.165) is 42.7 Å². The highest BCUT2D eigenvalue weighted by Gasteiger charge is 2.34. The zero-order chi connectivity index (χ0) is 15.8. The van der Waals surface area contributed by atoms with Gasteiger partial charge in [0, 0.05) is 37.5 Å². The minimum Gasteiger partial charge on any atom is -0.377 e. The zero-order valence-electron chi connectivity index (χ0n) is 13.3. The van der Waals surface area contributed by atoms with Crippen molar-refractivity contribution in [2.75, 3.05) is 19.8 Å². The number of ether oxygens (including phenoxy) is 1. The van der Waals surface area contributed by atoms with E-state index in [1.165, 1.54) is 0 Å². The Morgan fingerprint density at radius 1 is 1.35 bits per heavy atom. The maximum Gasteiger partial charge on any atom is 0.277 e. The molecule has 1 saturated heterocycles. The summed E-state index contributed by atoms with van der Waals surface area (Å²) in [5.74, 6) is 0.856. The molecule has 1 aliphatic carbocycles. The lowest BCUT2D eigenvalue weighted by Crippen LogP contribution is -2.44. The summed E-state index contributed by atoms with van der Waals surface area (Å²) in [6.45, 7) is 1.66. The van der Waals surface area contributed by atoms with Crippen LogP contribution < -0.4 is 0 Å². The SMILES string of the molecule is Cn1cccc1[C@@H]1COCCN1C(=O)c1noc2c1CCCC2. The molecule has 0 bridgehead atoms. The Labute approximate surface area is 135 Å². The fraction of sp³-hybridized carbons (Fsp3) is 0.529. The van der Waals surface area contributed by atoms with Crippen LogP contribution in [0.2, 0.25) is 0 Å². The Morgan fingerprint density at radius 2 is 2.22 bits per heavy atom. The monoisotopic (exact) mass is 315 g/mol.